The van der Waals surface area contributed by atoms with Gasteiger partial charge in [-0.2, -0.15) is 5.10 Å². The highest BCUT2D eigenvalue weighted by Crippen LogP contribution is 2.31. The van der Waals surface area contributed by atoms with E-state index in [1.165, 1.54) is 0 Å². The lowest BCUT2D eigenvalue weighted by Crippen LogP contribution is -2.28. The summed E-state index contributed by atoms with van der Waals surface area (Å²) in [6.07, 6.45) is 0. The molecule has 0 bridgehead atoms. The molecule has 0 radical (unpaired) electrons. The molecule has 0 aliphatic heterocycles. The molecule has 7 heteroatoms. The SMILES string of the molecule is CC(C(=O)NCc1cc(C(C)(C)C)nn1-c1cccc(Cl)c1)c1cccc(Cl)c1Cl. The van der Waals surface area contributed by atoms with Crippen molar-refractivity contribution in [3.8, 4) is 5.69 Å². The van der Waals surface area contributed by atoms with Gasteiger partial charge in [0.25, 0.3) is 0 Å². The Morgan fingerprint density at radius 2 is 1.80 bits per heavy atom. The zero-order chi connectivity index (χ0) is 22.1. The van der Waals surface area contributed by atoms with E-state index in [0.29, 0.717) is 27.2 Å². The van der Waals surface area contributed by atoms with Crippen LogP contribution in [-0.2, 0) is 16.8 Å². The molecule has 0 fully saturated rings. The van der Waals surface area contributed by atoms with E-state index in [4.69, 9.17) is 39.9 Å². The van der Waals surface area contributed by atoms with Gasteiger partial charge in [-0.1, -0.05) is 73.8 Å². The van der Waals surface area contributed by atoms with Gasteiger partial charge < -0.3 is 5.32 Å². The van der Waals surface area contributed by atoms with Crippen molar-refractivity contribution in [2.24, 2.45) is 0 Å². The van der Waals surface area contributed by atoms with Gasteiger partial charge in [0.1, 0.15) is 0 Å². The number of hydrogen-bond acceptors (Lipinski definition) is 2. The molecule has 1 aromatic heterocycles. The number of halogens is 3. The second-order valence-electron chi connectivity index (χ2n) is 8.25. The third kappa shape index (κ3) is 5.00. The molecule has 3 aromatic rings. The van der Waals surface area contributed by atoms with Crippen molar-refractivity contribution >= 4 is 40.7 Å². The van der Waals surface area contributed by atoms with E-state index in [-0.39, 0.29) is 11.3 Å². The van der Waals surface area contributed by atoms with Crippen LogP contribution in [-0.4, -0.2) is 15.7 Å². The molecule has 1 unspecified atom stereocenters. The summed E-state index contributed by atoms with van der Waals surface area (Å²) in [6, 6.07) is 14.8. The van der Waals surface area contributed by atoms with Crippen LogP contribution in [0.5, 0.6) is 0 Å². The molecule has 0 spiro atoms. The summed E-state index contributed by atoms with van der Waals surface area (Å²) < 4.78 is 1.82. The second-order valence-corrected chi connectivity index (χ2v) is 9.47. The highest BCUT2D eigenvalue weighted by Gasteiger charge is 2.23. The fraction of sp³-hybridized carbons (Fsp3) is 0.304. The molecule has 1 atom stereocenters. The first-order chi connectivity index (χ1) is 14.1. The Morgan fingerprint density at radius 3 is 2.47 bits per heavy atom. The molecule has 0 saturated carbocycles. The van der Waals surface area contributed by atoms with E-state index in [9.17, 15) is 4.79 Å². The molecule has 1 N–H and O–H groups in total. The minimum Gasteiger partial charge on any atom is -0.350 e. The van der Waals surface area contributed by atoms with Gasteiger partial charge in [-0.05, 0) is 42.8 Å². The third-order valence-corrected chi connectivity index (χ3v) is 5.96. The van der Waals surface area contributed by atoms with Gasteiger partial charge in [-0.15, -0.1) is 0 Å². The molecule has 0 aliphatic rings. The molecule has 30 heavy (non-hydrogen) atoms. The van der Waals surface area contributed by atoms with Gasteiger partial charge in [0.05, 0.1) is 39.6 Å². The van der Waals surface area contributed by atoms with E-state index < -0.39 is 5.92 Å². The number of carbonyl (C=O) groups excluding carboxylic acids is 1. The van der Waals surface area contributed by atoms with Gasteiger partial charge in [-0.25, -0.2) is 4.68 Å². The molecule has 0 aliphatic carbocycles. The number of carbonyl (C=O) groups is 1. The lowest BCUT2D eigenvalue weighted by atomic mass is 9.92. The van der Waals surface area contributed by atoms with E-state index >= 15 is 0 Å². The quantitative estimate of drug-likeness (QED) is 0.465. The van der Waals surface area contributed by atoms with Gasteiger partial charge >= 0.3 is 0 Å². The number of nitrogens with one attached hydrogen (secondary N) is 1. The highest BCUT2D eigenvalue weighted by molar-refractivity contribution is 6.42. The molecular formula is C23H24Cl3N3O. The smallest absolute Gasteiger partial charge is 0.227 e. The average molecular weight is 465 g/mol. The Bertz CT molecular complexity index is 1070. The highest BCUT2D eigenvalue weighted by atomic mass is 35.5. The number of rotatable bonds is 5. The third-order valence-electron chi connectivity index (χ3n) is 4.89. The Morgan fingerprint density at radius 1 is 1.10 bits per heavy atom. The zero-order valence-electron chi connectivity index (χ0n) is 17.3. The van der Waals surface area contributed by atoms with Crippen LogP contribution in [0.15, 0.2) is 48.5 Å². The maximum atomic E-state index is 12.8. The summed E-state index contributed by atoms with van der Waals surface area (Å²) in [6.45, 7) is 8.42. The molecule has 0 saturated heterocycles. The number of hydrogen-bond donors (Lipinski definition) is 1. The van der Waals surface area contributed by atoms with Crippen molar-refractivity contribution in [1.82, 2.24) is 15.1 Å². The van der Waals surface area contributed by atoms with Gasteiger partial charge in [0.15, 0.2) is 0 Å². The number of benzene rings is 2. The summed E-state index contributed by atoms with van der Waals surface area (Å²) in [5, 5.41) is 9.23. The van der Waals surface area contributed by atoms with E-state index in [2.05, 4.69) is 26.1 Å². The summed E-state index contributed by atoms with van der Waals surface area (Å²) in [4.78, 5) is 12.8. The lowest BCUT2D eigenvalue weighted by Gasteiger charge is -2.15. The first-order valence-electron chi connectivity index (χ1n) is 9.65. The molecular weight excluding hydrogens is 441 g/mol. The van der Waals surface area contributed by atoms with Crippen LogP contribution in [0.25, 0.3) is 5.69 Å². The number of nitrogens with zero attached hydrogens (tertiary/aromatic N) is 2. The minimum absolute atomic E-state index is 0.135. The standard InChI is InChI=1S/C23H24Cl3N3O/c1-14(18-9-6-10-19(25)21(18)26)22(30)27-13-17-12-20(23(2,3)4)28-29(17)16-8-5-7-15(24)11-16/h5-12,14H,13H2,1-4H3,(H,27,30). The van der Waals surface area contributed by atoms with Crippen LogP contribution in [0.2, 0.25) is 15.1 Å². The van der Waals surface area contributed by atoms with Crippen molar-refractivity contribution in [1.29, 1.82) is 0 Å². The molecule has 158 valence electrons. The first-order valence-corrected chi connectivity index (χ1v) is 10.8. The largest absolute Gasteiger partial charge is 0.350 e. The molecule has 2 aromatic carbocycles. The van der Waals surface area contributed by atoms with E-state index in [0.717, 1.165) is 17.1 Å². The van der Waals surface area contributed by atoms with Crippen molar-refractivity contribution in [2.45, 2.75) is 45.6 Å². The van der Waals surface area contributed by atoms with Crippen molar-refractivity contribution in [3.05, 3.63) is 80.6 Å². The summed E-state index contributed by atoms with van der Waals surface area (Å²) >= 11 is 18.6. The summed E-state index contributed by atoms with van der Waals surface area (Å²) in [5.74, 6) is -0.587. The number of aromatic nitrogens is 2. The normalized spacial score (nSPS) is 12.6. The summed E-state index contributed by atoms with van der Waals surface area (Å²) in [5.41, 5.74) is 3.19. The Balaban J connectivity index is 1.86. The summed E-state index contributed by atoms with van der Waals surface area (Å²) in [7, 11) is 0. The van der Waals surface area contributed by atoms with Crippen LogP contribution in [0, 0.1) is 0 Å². The average Bonchev–Trinajstić information content (AvgIpc) is 3.12. The van der Waals surface area contributed by atoms with Crippen LogP contribution in [0.4, 0.5) is 0 Å². The topological polar surface area (TPSA) is 46.9 Å². The second kappa shape index (κ2) is 9.01. The lowest BCUT2D eigenvalue weighted by molar-refractivity contribution is -0.122. The predicted octanol–water partition coefficient (Wildman–Crippen LogP) is 6.55. The van der Waals surface area contributed by atoms with Crippen molar-refractivity contribution in [2.75, 3.05) is 0 Å². The Labute approximate surface area is 192 Å². The van der Waals surface area contributed by atoms with Crippen molar-refractivity contribution in [3.63, 3.8) is 0 Å². The molecule has 1 amide bonds. The fourth-order valence-electron chi connectivity index (χ4n) is 3.07. The Kier molecular flexibility index (Phi) is 6.81. The zero-order valence-corrected chi connectivity index (χ0v) is 19.6. The maximum absolute atomic E-state index is 12.8. The van der Waals surface area contributed by atoms with Gasteiger partial charge in [-0.3, -0.25) is 4.79 Å². The van der Waals surface area contributed by atoms with Gasteiger partial charge in [0.2, 0.25) is 5.91 Å². The molecule has 3 rings (SSSR count). The maximum Gasteiger partial charge on any atom is 0.227 e. The van der Waals surface area contributed by atoms with E-state index in [1.54, 1.807) is 12.1 Å². The van der Waals surface area contributed by atoms with Crippen LogP contribution < -0.4 is 5.32 Å². The monoisotopic (exact) mass is 463 g/mol. The number of amides is 1. The van der Waals surface area contributed by atoms with Crippen LogP contribution >= 0.6 is 34.8 Å². The fourth-order valence-corrected chi connectivity index (χ4v) is 3.73. The van der Waals surface area contributed by atoms with Crippen LogP contribution in [0.1, 0.15) is 50.6 Å². The predicted molar refractivity (Wildman–Crippen MR) is 124 cm³/mol. The minimum atomic E-state index is -0.444. The van der Waals surface area contributed by atoms with Gasteiger partial charge in [0, 0.05) is 10.4 Å². The van der Waals surface area contributed by atoms with Crippen LogP contribution in [0.3, 0.4) is 0 Å². The molecule has 4 nitrogen and oxygen atoms in total. The molecule has 1 heterocycles. The Hall–Kier alpha value is -2.01. The van der Waals surface area contributed by atoms with Crippen molar-refractivity contribution < 1.29 is 4.79 Å². The van der Waals surface area contributed by atoms with E-state index in [1.807, 2.05) is 48.0 Å². The first kappa shape index (κ1) is 22.7.